The number of benzene rings is 2. The largest absolute Gasteiger partial charge is 0.369 e. The molecule has 158 valence electrons. The first-order valence-corrected chi connectivity index (χ1v) is 9.99. The highest BCUT2D eigenvalue weighted by Gasteiger charge is 2.26. The summed E-state index contributed by atoms with van der Waals surface area (Å²) >= 11 is 6.07. The Morgan fingerprint density at radius 1 is 1.10 bits per heavy atom. The average Bonchev–Trinajstić information content (AvgIpc) is 2.74. The van der Waals surface area contributed by atoms with Gasteiger partial charge in [0, 0.05) is 49.6 Å². The second-order valence-electron chi connectivity index (χ2n) is 7.21. The third-order valence-electron chi connectivity index (χ3n) is 5.30. The van der Waals surface area contributed by atoms with Crippen LogP contribution in [0, 0.1) is 10.1 Å². The molecule has 1 saturated heterocycles. The fraction of sp³-hybridized carbons (Fsp3) is 0.333. The number of rotatable bonds is 6. The minimum absolute atomic E-state index is 0.0410. The van der Waals surface area contributed by atoms with Crippen LogP contribution >= 0.6 is 11.6 Å². The molecule has 1 aliphatic heterocycles. The highest BCUT2D eigenvalue weighted by Crippen LogP contribution is 2.27. The Balaban J connectivity index is 1.56. The number of nitro groups is 1. The van der Waals surface area contributed by atoms with Crippen LogP contribution < -0.4 is 10.2 Å². The number of hydrogen-bond acceptors (Lipinski definition) is 6. The molecule has 0 bridgehead atoms. The number of nitrogens with one attached hydrogen (secondary N) is 1. The van der Waals surface area contributed by atoms with Gasteiger partial charge in [-0.05, 0) is 44.2 Å². The highest BCUT2D eigenvalue weighted by molar-refractivity contribution is 6.34. The van der Waals surface area contributed by atoms with Crippen LogP contribution in [-0.2, 0) is 4.79 Å². The predicted octanol–water partition coefficient (Wildman–Crippen LogP) is 3.60. The number of ketones is 1. The molecule has 1 amide bonds. The summed E-state index contributed by atoms with van der Waals surface area (Å²) in [6.45, 7) is 6.30. The summed E-state index contributed by atoms with van der Waals surface area (Å²) < 4.78 is 0. The highest BCUT2D eigenvalue weighted by atomic mass is 35.5. The number of carbonyl (C=O) groups is 2. The first kappa shape index (κ1) is 21.7. The molecule has 30 heavy (non-hydrogen) atoms. The Morgan fingerprint density at radius 2 is 1.73 bits per heavy atom. The monoisotopic (exact) mass is 430 g/mol. The molecule has 0 aromatic heterocycles. The van der Waals surface area contributed by atoms with Crippen molar-refractivity contribution in [3.63, 3.8) is 0 Å². The van der Waals surface area contributed by atoms with Crippen molar-refractivity contribution in [1.29, 1.82) is 0 Å². The van der Waals surface area contributed by atoms with Crippen LogP contribution in [0.25, 0.3) is 0 Å². The van der Waals surface area contributed by atoms with Gasteiger partial charge in [0.2, 0.25) is 5.91 Å². The van der Waals surface area contributed by atoms with E-state index >= 15 is 0 Å². The van der Waals surface area contributed by atoms with Crippen molar-refractivity contribution in [3.05, 3.63) is 63.2 Å². The third kappa shape index (κ3) is 4.95. The predicted molar refractivity (Wildman–Crippen MR) is 116 cm³/mol. The van der Waals surface area contributed by atoms with Crippen LogP contribution in [0.2, 0.25) is 5.02 Å². The number of non-ortho nitro benzene ring substituents is 1. The molecule has 0 unspecified atom stereocenters. The van der Waals surface area contributed by atoms with Crippen molar-refractivity contribution < 1.29 is 14.5 Å². The van der Waals surface area contributed by atoms with E-state index in [-0.39, 0.29) is 28.4 Å². The summed E-state index contributed by atoms with van der Waals surface area (Å²) in [5, 5.41) is 13.7. The van der Waals surface area contributed by atoms with Crippen molar-refractivity contribution in [1.82, 2.24) is 4.90 Å². The maximum atomic E-state index is 12.6. The second-order valence-corrected chi connectivity index (χ2v) is 7.62. The van der Waals surface area contributed by atoms with E-state index in [1.165, 1.54) is 18.2 Å². The zero-order valence-electron chi connectivity index (χ0n) is 16.8. The molecular weight excluding hydrogens is 408 g/mol. The van der Waals surface area contributed by atoms with Gasteiger partial charge in [-0.25, -0.2) is 0 Å². The molecule has 9 heteroatoms. The van der Waals surface area contributed by atoms with E-state index < -0.39 is 4.92 Å². The van der Waals surface area contributed by atoms with E-state index in [4.69, 9.17) is 11.6 Å². The summed E-state index contributed by atoms with van der Waals surface area (Å²) in [7, 11) is 0. The molecule has 0 radical (unpaired) electrons. The zero-order valence-corrected chi connectivity index (χ0v) is 17.6. The quantitative estimate of drug-likeness (QED) is 0.427. The number of nitro benzene ring substituents is 1. The van der Waals surface area contributed by atoms with Crippen LogP contribution in [0.15, 0.2) is 42.5 Å². The molecule has 1 N–H and O–H groups in total. The molecule has 1 atom stereocenters. The number of carbonyl (C=O) groups excluding carboxylic acids is 2. The van der Waals surface area contributed by atoms with Crippen LogP contribution in [0.3, 0.4) is 0 Å². The molecule has 0 spiro atoms. The Hall–Kier alpha value is -2.97. The first-order chi connectivity index (χ1) is 14.3. The maximum absolute atomic E-state index is 12.6. The van der Waals surface area contributed by atoms with Gasteiger partial charge in [-0.15, -0.1) is 0 Å². The van der Waals surface area contributed by atoms with Crippen molar-refractivity contribution in [2.24, 2.45) is 0 Å². The van der Waals surface area contributed by atoms with Gasteiger partial charge >= 0.3 is 0 Å². The van der Waals surface area contributed by atoms with Crippen LogP contribution in [0.4, 0.5) is 17.1 Å². The van der Waals surface area contributed by atoms with E-state index in [1.54, 1.807) is 6.92 Å². The standard InChI is InChI=1S/C21H23ClN4O4/c1-14(21(28)23-20-8-7-18(26(29)30)13-19(20)22)24-9-11-25(12-10-24)17-5-3-16(4-6-17)15(2)27/h3-8,13-14H,9-12H2,1-2H3,(H,23,28)/t14-/m1/s1. The van der Waals surface area contributed by atoms with Gasteiger partial charge in [-0.3, -0.25) is 24.6 Å². The Labute approximate surface area is 179 Å². The topological polar surface area (TPSA) is 95.8 Å². The molecule has 1 fully saturated rings. The summed E-state index contributed by atoms with van der Waals surface area (Å²) in [6.07, 6.45) is 0. The van der Waals surface area contributed by atoms with Gasteiger partial charge < -0.3 is 10.2 Å². The third-order valence-corrected chi connectivity index (χ3v) is 5.61. The number of anilines is 2. The molecular formula is C21H23ClN4O4. The first-order valence-electron chi connectivity index (χ1n) is 9.61. The number of Topliss-reactive ketones (excluding diaryl/α,β-unsaturated/α-hetero) is 1. The van der Waals surface area contributed by atoms with Crippen LogP contribution in [0.1, 0.15) is 24.2 Å². The van der Waals surface area contributed by atoms with E-state index in [0.29, 0.717) is 24.3 Å². The minimum Gasteiger partial charge on any atom is -0.369 e. The zero-order chi connectivity index (χ0) is 21.8. The van der Waals surface area contributed by atoms with E-state index in [9.17, 15) is 19.7 Å². The molecule has 2 aromatic rings. The lowest BCUT2D eigenvalue weighted by Gasteiger charge is -2.38. The number of hydrogen-bond donors (Lipinski definition) is 1. The van der Waals surface area contributed by atoms with Gasteiger partial charge in [0.25, 0.3) is 5.69 Å². The van der Waals surface area contributed by atoms with Crippen molar-refractivity contribution in [2.45, 2.75) is 19.9 Å². The van der Waals surface area contributed by atoms with Gasteiger partial charge in [0.05, 0.1) is 21.7 Å². The number of amides is 1. The lowest BCUT2D eigenvalue weighted by atomic mass is 10.1. The Kier molecular flexibility index (Phi) is 6.69. The molecule has 0 saturated carbocycles. The van der Waals surface area contributed by atoms with Crippen molar-refractivity contribution >= 4 is 40.4 Å². The van der Waals surface area contributed by atoms with Gasteiger partial charge in [-0.1, -0.05) is 11.6 Å². The SMILES string of the molecule is CC(=O)c1ccc(N2CCN([C@H](C)C(=O)Nc3ccc([N+](=O)[O-])cc3Cl)CC2)cc1. The molecule has 2 aromatic carbocycles. The van der Waals surface area contributed by atoms with E-state index in [2.05, 4.69) is 15.1 Å². The molecule has 3 rings (SSSR count). The van der Waals surface area contributed by atoms with Crippen molar-refractivity contribution in [3.8, 4) is 0 Å². The maximum Gasteiger partial charge on any atom is 0.271 e. The van der Waals surface area contributed by atoms with Gasteiger partial charge in [-0.2, -0.15) is 0 Å². The number of halogens is 1. The minimum atomic E-state index is -0.534. The summed E-state index contributed by atoms with van der Waals surface area (Å²) in [5.41, 5.74) is 1.96. The van der Waals surface area contributed by atoms with E-state index in [0.717, 1.165) is 18.8 Å². The summed E-state index contributed by atoms with van der Waals surface area (Å²) in [4.78, 5) is 38.6. The summed E-state index contributed by atoms with van der Waals surface area (Å²) in [6, 6.07) is 11.1. The molecule has 0 aliphatic carbocycles. The van der Waals surface area contributed by atoms with Crippen LogP contribution in [0.5, 0.6) is 0 Å². The van der Waals surface area contributed by atoms with Crippen molar-refractivity contribution in [2.75, 3.05) is 36.4 Å². The molecule has 1 aliphatic rings. The average molecular weight is 431 g/mol. The second kappa shape index (κ2) is 9.23. The fourth-order valence-electron chi connectivity index (χ4n) is 3.40. The number of nitrogens with zero attached hydrogens (tertiary/aromatic N) is 3. The van der Waals surface area contributed by atoms with E-state index in [1.807, 2.05) is 31.2 Å². The normalized spacial score (nSPS) is 15.5. The van der Waals surface area contributed by atoms with Gasteiger partial charge in [0.15, 0.2) is 5.78 Å². The smallest absolute Gasteiger partial charge is 0.271 e. The fourth-order valence-corrected chi connectivity index (χ4v) is 3.62. The lowest BCUT2D eigenvalue weighted by Crippen LogP contribution is -2.52. The Morgan fingerprint density at radius 3 is 2.27 bits per heavy atom. The molecule has 8 nitrogen and oxygen atoms in total. The number of piperazine rings is 1. The summed E-state index contributed by atoms with van der Waals surface area (Å²) in [5.74, 6) is -0.177. The van der Waals surface area contributed by atoms with Crippen LogP contribution in [-0.4, -0.2) is 53.7 Å². The Bertz CT molecular complexity index is 956. The lowest BCUT2D eigenvalue weighted by molar-refractivity contribution is -0.384. The van der Waals surface area contributed by atoms with Gasteiger partial charge in [0.1, 0.15) is 0 Å². The molecule has 1 heterocycles.